The third kappa shape index (κ3) is 2.68. The Morgan fingerprint density at radius 2 is 1.55 bits per heavy atom. The minimum atomic E-state index is 0.830. The van der Waals surface area contributed by atoms with Crippen LogP contribution in [0, 0.1) is 3.95 Å². The lowest BCUT2D eigenvalue weighted by Crippen LogP contribution is -1.94. The molecule has 0 aliphatic rings. The minimum Gasteiger partial charge on any atom is -0.296 e. The number of rotatable bonds is 2. The summed E-state index contributed by atoms with van der Waals surface area (Å²) in [7, 11) is 0. The highest BCUT2D eigenvalue weighted by atomic mass is 79.9. The SMILES string of the molecule is S=c1sc(-c2ccccc2)cn1-c1c(Br)cccc1Br. The highest BCUT2D eigenvalue weighted by Crippen LogP contribution is 2.34. The van der Waals surface area contributed by atoms with Crippen molar-refractivity contribution in [1.29, 1.82) is 0 Å². The highest BCUT2D eigenvalue weighted by molar-refractivity contribution is 9.11. The van der Waals surface area contributed by atoms with Gasteiger partial charge in [-0.05, 0) is 61.8 Å². The molecule has 1 nitrogen and oxygen atoms in total. The number of hydrogen-bond donors (Lipinski definition) is 0. The zero-order chi connectivity index (χ0) is 14.1. The van der Waals surface area contributed by atoms with Crippen LogP contribution >= 0.6 is 55.4 Å². The van der Waals surface area contributed by atoms with Crippen molar-refractivity contribution in [2.24, 2.45) is 0 Å². The van der Waals surface area contributed by atoms with E-state index in [1.807, 2.05) is 41.0 Å². The van der Waals surface area contributed by atoms with Gasteiger partial charge in [0.2, 0.25) is 0 Å². The molecule has 0 amide bonds. The first-order valence-electron chi connectivity index (χ1n) is 5.89. The lowest BCUT2D eigenvalue weighted by Gasteiger charge is -2.07. The molecule has 0 unspecified atom stereocenters. The molecular formula is C15H9Br2NS2. The standard InChI is InChI=1S/C15H9Br2NS2/c16-11-7-4-8-12(17)14(11)18-9-13(20-15(18)19)10-5-2-1-3-6-10/h1-9H. The van der Waals surface area contributed by atoms with Crippen molar-refractivity contribution in [3.63, 3.8) is 0 Å². The molecule has 1 heterocycles. The van der Waals surface area contributed by atoms with Crippen molar-refractivity contribution < 1.29 is 0 Å². The van der Waals surface area contributed by atoms with E-state index in [1.54, 1.807) is 11.3 Å². The Morgan fingerprint density at radius 3 is 2.20 bits per heavy atom. The van der Waals surface area contributed by atoms with E-state index in [1.165, 1.54) is 10.4 Å². The van der Waals surface area contributed by atoms with E-state index in [0.29, 0.717) is 0 Å². The van der Waals surface area contributed by atoms with Gasteiger partial charge in [-0.25, -0.2) is 0 Å². The van der Waals surface area contributed by atoms with Crippen LogP contribution < -0.4 is 0 Å². The van der Waals surface area contributed by atoms with E-state index in [-0.39, 0.29) is 0 Å². The van der Waals surface area contributed by atoms with Gasteiger partial charge in [0.25, 0.3) is 0 Å². The first kappa shape index (κ1) is 14.2. The fourth-order valence-corrected chi connectivity index (χ4v) is 4.59. The van der Waals surface area contributed by atoms with Crippen molar-refractivity contribution in [2.45, 2.75) is 0 Å². The Morgan fingerprint density at radius 1 is 0.900 bits per heavy atom. The van der Waals surface area contributed by atoms with Gasteiger partial charge in [-0.2, -0.15) is 0 Å². The van der Waals surface area contributed by atoms with Gasteiger partial charge in [0.1, 0.15) is 0 Å². The molecule has 2 aromatic carbocycles. The fraction of sp³-hybridized carbons (Fsp3) is 0. The van der Waals surface area contributed by atoms with Crippen LogP contribution in [0.15, 0.2) is 63.7 Å². The zero-order valence-electron chi connectivity index (χ0n) is 10.2. The van der Waals surface area contributed by atoms with Gasteiger partial charge in [0, 0.05) is 15.1 Å². The minimum absolute atomic E-state index is 0.830. The summed E-state index contributed by atoms with van der Waals surface area (Å²) < 4.78 is 4.90. The molecule has 0 aliphatic carbocycles. The molecule has 0 saturated heterocycles. The average molecular weight is 427 g/mol. The van der Waals surface area contributed by atoms with Crippen molar-refractivity contribution >= 4 is 55.4 Å². The number of thiazole rings is 1. The Balaban J connectivity index is 2.18. The van der Waals surface area contributed by atoms with Crippen molar-refractivity contribution in [3.8, 4) is 16.1 Å². The molecule has 0 bridgehead atoms. The summed E-state index contributed by atoms with van der Waals surface area (Å²) in [6.45, 7) is 0. The molecule has 1 aromatic heterocycles. The second kappa shape index (κ2) is 5.93. The Kier molecular flexibility index (Phi) is 4.21. The van der Waals surface area contributed by atoms with Crippen molar-refractivity contribution in [2.75, 3.05) is 0 Å². The first-order valence-corrected chi connectivity index (χ1v) is 8.70. The summed E-state index contributed by atoms with van der Waals surface area (Å²) in [5.74, 6) is 0. The van der Waals surface area contributed by atoms with Crippen LogP contribution in [-0.2, 0) is 0 Å². The lowest BCUT2D eigenvalue weighted by molar-refractivity contribution is 1.05. The zero-order valence-corrected chi connectivity index (χ0v) is 15.0. The molecule has 3 aromatic rings. The maximum atomic E-state index is 5.51. The van der Waals surface area contributed by atoms with Gasteiger partial charge >= 0.3 is 0 Å². The van der Waals surface area contributed by atoms with E-state index in [4.69, 9.17) is 12.2 Å². The lowest BCUT2D eigenvalue weighted by atomic mass is 10.2. The molecule has 100 valence electrons. The Bertz CT molecular complexity index is 786. The maximum absolute atomic E-state index is 5.51. The van der Waals surface area contributed by atoms with Crippen LogP contribution in [0.1, 0.15) is 0 Å². The summed E-state index contributed by atoms with van der Waals surface area (Å²) in [5, 5.41) is 0. The monoisotopic (exact) mass is 425 g/mol. The Hall–Kier alpha value is -0.750. The maximum Gasteiger partial charge on any atom is 0.166 e. The van der Waals surface area contributed by atoms with Crippen LogP contribution in [0.5, 0.6) is 0 Å². The van der Waals surface area contributed by atoms with Gasteiger partial charge < -0.3 is 0 Å². The van der Waals surface area contributed by atoms with Crippen LogP contribution in [-0.4, -0.2) is 4.57 Å². The topological polar surface area (TPSA) is 4.93 Å². The molecule has 0 radical (unpaired) electrons. The largest absolute Gasteiger partial charge is 0.296 e. The number of hydrogen-bond acceptors (Lipinski definition) is 2. The summed E-state index contributed by atoms with van der Waals surface area (Å²) in [6, 6.07) is 16.3. The average Bonchev–Trinajstić information content (AvgIpc) is 2.82. The van der Waals surface area contributed by atoms with Crippen LogP contribution in [0.3, 0.4) is 0 Å². The van der Waals surface area contributed by atoms with Gasteiger partial charge in [0.15, 0.2) is 3.95 Å². The molecule has 0 saturated carbocycles. The summed E-state index contributed by atoms with van der Waals surface area (Å²) in [6.07, 6.45) is 2.09. The van der Waals surface area contributed by atoms with Gasteiger partial charge in [-0.3, -0.25) is 4.57 Å². The molecule has 5 heteroatoms. The number of halogens is 2. The molecule has 0 atom stereocenters. The first-order chi connectivity index (χ1) is 9.66. The Labute approximate surface area is 143 Å². The normalized spacial score (nSPS) is 10.7. The predicted molar refractivity (Wildman–Crippen MR) is 95.3 cm³/mol. The second-order valence-electron chi connectivity index (χ2n) is 4.17. The fourth-order valence-electron chi connectivity index (χ4n) is 1.95. The van der Waals surface area contributed by atoms with Crippen LogP contribution in [0.2, 0.25) is 0 Å². The van der Waals surface area contributed by atoms with E-state index < -0.39 is 0 Å². The van der Waals surface area contributed by atoms with Crippen LogP contribution in [0.25, 0.3) is 16.1 Å². The number of aromatic nitrogens is 1. The number of nitrogens with zero attached hydrogens (tertiary/aromatic N) is 1. The van der Waals surface area contributed by atoms with E-state index in [9.17, 15) is 0 Å². The summed E-state index contributed by atoms with van der Waals surface area (Å²) in [4.78, 5) is 1.17. The quantitative estimate of drug-likeness (QED) is 0.425. The molecule has 0 spiro atoms. The van der Waals surface area contributed by atoms with Gasteiger partial charge in [-0.15, -0.1) is 11.3 Å². The third-order valence-corrected chi connectivity index (χ3v) is 5.54. The number of para-hydroxylation sites is 1. The smallest absolute Gasteiger partial charge is 0.166 e. The molecular weight excluding hydrogens is 418 g/mol. The molecule has 0 fully saturated rings. The van der Waals surface area contributed by atoms with Crippen molar-refractivity contribution in [3.05, 3.63) is 67.6 Å². The van der Waals surface area contributed by atoms with Gasteiger partial charge in [-0.1, -0.05) is 36.4 Å². The second-order valence-corrected chi connectivity index (χ2v) is 7.55. The predicted octanol–water partition coefficient (Wildman–Crippen LogP) is 6.46. The molecule has 0 aliphatic heterocycles. The van der Waals surface area contributed by atoms with Crippen LogP contribution in [0.4, 0.5) is 0 Å². The summed E-state index contributed by atoms with van der Waals surface area (Å²) >= 11 is 14.3. The van der Waals surface area contributed by atoms with Gasteiger partial charge in [0.05, 0.1) is 10.6 Å². The molecule has 0 N–H and O–H groups in total. The highest BCUT2D eigenvalue weighted by Gasteiger charge is 2.11. The third-order valence-electron chi connectivity index (χ3n) is 2.88. The number of benzene rings is 2. The van der Waals surface area contributed by atoms with E-state index in [2.05, 4.69) is 50.2 Å². The van der Waals surface area contributed by atoms with E-state index in [0.717, 1.165) is 18.6 Å². The molecule has 3 rings (SSSR count). The summed E-state index contributed by atoms with van der Waals surface area (Å²) in [5.41, 5.74) is 2.22. The van der Waals surface area contributed by atoms with Crippen molar-refractivity contribution in [1.82, 2.24) is 4.57 Å². The molecule has 20 heavy (non-hydrogen) atoms. The van der Waals surface area contributed by atoms with E-state index >= 15 is 0 Å².